The van der Waals surface area contributed by atoms with Gasteiger partial charge in [-0.15, -0.1) is 0 Å². The lowest BCUT2D eigenvalue weighted by atomic mass is 10.0. The topological polar surface area (TPSA) is 90.2 Å². The van der Waals surface area contributed by atoms with Crippen molar-refractivity contribution in [2.24, 2.45) is 0 Å². The molecule has 0 aromatic rings. The van der Waals surface area contributed by atoms with Gasteiger partial charge in [-0.2, -0.15) is 0 Å². The van der Waals surface area contributed by atoms with E-state index in [0.717, 1.165) is 11.0 Å². The van der Waals surface area contributed by atoms with Gasteiger partial charge in [-0.05, 0) is 0 Å². The molecule has 3 N–H and O–H groups in total. The summed E-state index contributed by atoms with van der Waals surface area (Å²) >= 11 is 10.7. The van der Waals surface area contributed by atoms with E-state index in [4.69, 9.17) is 33.0 Å². The highest BCUT2D eigenvalue weighted by Crippen LogP contribution is 2.22. The molecular formula is C10H15Cl2NO5. The lowest BCUT2D eigenvalue weighted by Crippen LogP contribution is -2.56. The summed E-state index contributed by atoms with van der Waals surface area (Å²) in [5.74, 6) is -0.549. The van der Waals surface area contributed by atoms with Gasteiger partial charge in [0.2, 0.25) is 0 Å². The van der Waals surface area contributed by atoms with Crippen LogP contribution in [0.2, 0.25) is 0 Å². The number of hydrogen-bond acceptors (Lipinski definition) is 5. The number of halogens is 2. The molecule has 6 nitrogen and oxygen atoms in total. The maximum atomic E-state index is 11.6. The van der Waals surface area contributed by atoms with E-state index in [9.17, 15) is 15.0 Å². The molecule has 1 aliphatic heterocycles. The Hall–Kier alpha value is -0.370. The fourth-order valence-electron chi connectivity index (χ4n) is 1.71. The Kier molecular flexibility index (Phi) is 5.84. The Morgan fingerprint density at radius 1 is 1.44 bits per heavy atom. The predicted octanol–water partition coefficient (Wildman–Crippen LogP) is -0.407. The third-order valence-electron chi connectivity index (χ3n) is 2.70. The molecule has 1 aliphatic rings. The number of carbonyl (C=O) groups is 1. The van der Waals surface area contributed by atoms with Gasteiger partial charge in [-0.25, -0.2) is 0 Å². The van der Waals surface area contributed by atoms with Crippen molar-refractivity contribution in [1.29, 1.82) is 0 Å². The molecule has 8 heteroatoms. The minimum atomic E-state index is -1.06. The zero-order valence-corrected chi connectivity index (χ0v) is 11.2. The van der Waals surface area contributed by atoms with Crippen molar-refractivity contribution >= 4 is 29.1 Å². The largest absolute Gasteiger partial charge is 0.394 e. The number of nitrogens with zero attached hydrogens (tertiary/aromatic N) is 1. The average Bonchev–Trinajstić information content (AvgIpc) is 2.27. The van der Waals surface area contributed by atoms with Crippen molar-refractivity contribution in [2.45, 2.75) is 31.0 Å². The van der Waals surface area contributed by atoms with Crippen LogP contribution < -0.4 is 0 Å². The lowest BCUT2D eigenvalue weighted by Gasteiger charge is -2.40. The molecule has 1 amide bonds. The van der Waals surface area contributed by atoms with Crippen molar-refractivity contribution in [2.75, 3.05) is 13.7 Å². The van der Waals surface area contributed by atoms with Crippen LogP contribution in [0.3, 0.4) is 0 Å². The van der Waals surface area contributed by atoms with Crippen molar-refractivity contribution in [3.8, 4) is 0 Å². The van der Waals surface area contributed by atoms with Crippen molar-refractivity contribution < 1.29 is 24.9 Å². The molecule has 0 aromatic carbocycles. The first kappa shape index (κ1) is 15.7. The summed E-state index contributed by atoms with van der Waals surface area (Å²) in [6, 6.07) is 0. The zero-order valence-electron chi connectivity index (χ0n) is 9.66. The third kappa shape index (κ3) is 3.81. The van der Waals surface area contributed by atoms with E-state index in [0.29, 0.717) is 0 Å². The summed E-state index contributed by atoms with van der Waals surface area (Å²) in [5, 5.41) is 28.3. The minimum absolute atomic E-state index is 0.00579. The summed E-state index contributed by atoms with van der Waals surface area (Å²) in [7, 11) is 1.40. The Bertz CT molecular complexity index is 334. The van der Waals surface area contributed by atoms with E-state index in [1.54, 1.807) is 0 Å². The number of carbonyl (C=O) groups excluding carboxylic acids is 1. The van der Waals surface area contributed by atoms with E-state index in [1.807, 2.05) is 0 Å². The van der Waals surface area contributed by atoms with Crippen LogP contribution in [0.1, 0.15) is 6.42 Å². The summed E-state index contributed by atoms with van der Waals surface area (Å²) in [5.41, 5.74) is 0. The molecule has 0 unspecified atom stereocenters. The van der Waals surface area contributed by atoms with Gasteiger partial charge < -0.3 is 25.0 Å². The van der Waals surface area contributed by atoms with Crippen LogP contribution in [0.4, 0.5) is 0 Å². The Morgan fingerprint density at radius 3 is 2.56 bits per heavy atom. The summed E-state index contributed by atoms with van der Waals surface area (Å²) < 4.78 is 5.05. The van der Waals surface area contributed by atoms with Crippen LogP contribution in [0.25, 0.3) is 0 Å². The molecule has 1 rings (SSSR count). The van der Waals surface area contributed by atoms with Gasteiger partial charge in [-0.3, -0.25) is 4.79 Å². The fourth-order valence-corrected chi connectivity index (χ4v) is 1.90. The van der Waals surface area contributed by atoms with Gasteiger partial charge in [-0.1, -0.05) is 23.2 Å². The molecule has 1 heterocycles. The number of aliphatic hydroxyl groups excluding tert-OH is 3. The molecule has 0 spiro atoms. The first-order valence-electron chi connectivity index (χ1n) is 5.28. The summed E-state index contributed by atoms with van der Waals surface area (Å²) in [6.07, 6.45) is -2.87. The molecular weight excluding hydrogens is 285 g/mol. The normalized spacial score (nSPS) is 31.9. The maximum Gasteiger partial charge on any atom is 0.250 e. The monoisotopic (exact) mass is 299 g/mol. The zero-order chi connectivity index (χ0) is 13.9. The highest BCUT2D eigenvalue weighted by atomic mass is 35.5. The Morgan fingerprint density at radius 2 is 2.06 bits per heavy atom. The SMILES string of the molecule is CN(C(=O)C=C(Cl)Cl)[C@@H]1O[C@H](CO)[C@H](O)C[C@H]1O. The Balaban J connectivity index is 2.75. The summed E-state index contributed by atoms with van der Waals surface area (Å²) in [4.78, 5) is 12.7. The average molecular weight is 300 g/mol. The number of ether oxygens (including phenoxy) is 1. The lowest BCUT2D eigenvalue weighted by molar-refractivity contribution is -0.220. The Labute approximate surface area is 114 Å². The van der Waals surface area contributed by atoms with E-state index in [2.05, 4.69) is 0 Å². The number of likely N-dealkylation sites (N-methyl/N-ethyl adjacent to an activating group) is 1. The molecule has 104 valence electrons. The van der Waals surface area contributed by atoms with Crippen LogP contribution in [0.15, 0.2) is 10.6 Å². The third-order valence-corrected chi connectivity index (χ3v) is 2.92. The van der Waals surface area contributed by atoms with E-state index in [-0.39, 0.29) is 10.9 Å². The van der Waals surface area contributed by atoms with Crippen molar-refractivity contribution in [3.63, 3.8) is 0 Å². The second kappa shape index (κ2) is 6.70. The van der Waals surface area contributed by atoms with Crippen LogP contribution >= 0.6 is 23.2 Å². The van der Waals surface area contributed by atoms with Crippen LogP contribution in [0.5, 0.6) is 0 Å². The first-order chi connectivity index (χ1) is 8.36. The van der Waals surface area contributed by atoms with Gasteiger partial charge in [0.1, 0.15) is 16.7 Å². The first-order valence-corrected chi connectivity index (χ1v) is 6.04. The number of rotatable bonds is 3. The van der Waals surface area contributed by atoms with Crippen molar-refractivity contribution in [3.05, 3.63) is 10.6 Å². The molecule has 0 radical (unpaired) electrons. The van der Waals surface area contributed by atoms with Crippen LogP contribution in [-0.2, 0) is 9.53 Å². The van der Waals surface area contributed by atoms with Gasteiger partial charge in [0.05, 0.1) is 12.7 Å². The van der Waals surface area contributed by atoms with Gasteiger partial charge in [0.25, 0.3) is 5.91 Å². The maximum absolute atomic E-state index is 11.6. The van der Waals surface area contributed by atoms with E-state index in [1.165, 1.54) is 7.05 Å². The van der Waals surface area contributed by atoms with E-state index >= 15 is 0 Å². The van der Waals surface area contributed by atoms with Gasteiger partial charge >= 0.3 is 0 Å². The van der Waals surface area contributed by atoms with E-state index < -0.39 is 37.1 Å². The van der Waals surface area contributed by atoms with Crippen molar-refractivity contribution in [1.82, 2.24) is 4.90 Å². The van der Waals surface area contributed by atoms with Crippen LogP contribution in [-0.4, -0.2) is 64.3 Å². The fraction of sp³-hybridized carbons (Fsp3) is 0.700. The van der Waals surface area contributed by atoms with Gasteiger partial charge in [0.15, 0.2) is 6.23 Å². The second-order valence-electron chi connectivity index (χ2n) is 4.00. The highest BCUT2D eigenvalue weighted by Gasteiger charge is 2.39. The number of hydrogen-bond donors (Lipinski definition) is 3. The van der Waals surface area contributed by atoms with Crippen LogP contribution in [0, 0.1) is 0 Å². The smallest absolute Gasteiger partial charge is 0.250 e. The molecule has 0 bridgehead atoms. The molecule has 18 heavy (non-hydrogen) atoms. The molecule has 1 saturated heterocycles. The van der Waals surface area contributed by atoms with Gasteiger partial charge in [0, 0.05) is 19.5 Å². The quantitative estimate of drug-likeness (QED) is 0.617. The molecule has 0 aromatic heterocycles. The second-order valence-corrected chi connectivity index (χ2v) is 5.01. The molecule has 4 atom stereocenters. The standard InChI is InChI=1S/C10H15Cl2NO5/c1-13(9(17)3-8(11)12)10-6(16)2-5(15)7(4-14)18-10/h3,5-7,10,14-16H,2,4H2,1H3/t5-,6-,7-,10-/m1/s1. The number of amides is 1. The number of aliphatic hydroxyl groups is 3. The minimum Gasteiger partial charge on any atom is -0.394 e. The molecule has 0 saturated carbocycles. The summed E-state index contributed by atoms with van der Waals surface area (Å²) in [6.45, 7) is -0.404. The molecule has 1 fully saturated rings. The molecule has 0 aliphatic carbocycles. The highest BCUT2D eigenvalue weighted by molar-refractivity contribution is 6.56. The predicted molar refractivity (Wildman–Crippen MR) is 64.9 cm³/mol.